The fourth-order valence-electron chi connectivity index (χ4n) is 2.79. The number of nitrogens with two attached hydrogens (primary N) is 2. The maximum absolute atomic E-state index is 12.6. The Bertz CT molecular complexity index is 1240. The Morgan fingerprint density at radius 2 is 0.969 bits per heavy atom. The fourth-order valence-corrected chi connectivity index (χ4v) is 4.98. The highest BCUT2D eigenvalue weighted by molar-refractivity contribution is 7.93. The first-order valence-electron chi connectivity index (χ1n) is 9.08. The minimum atomic E-state index is -3.91. The second-order valence-electron chi connectivity index (χ2n) is 6.60. The molecule has 12 heteroatoms. The van der Waals surface area contributed by atoms with E-state index in [1.807, 2.05) is 0 Å². The van der Waals surface area contributed by atoms with E-state index in [1.54, 1.807) is 0 Å². The molecular formula is C20H22N4O6S2. The molecule has 170 valence electrons. The van der Waals surface area contributed by atoms with Crippen LogP contribution in [0.3, 0.4) is 0 Å². The Balaban J connectivity index is 1.76. The summed E-state index contributed by atoms with van der Waals surface area (Å²) in [6.07, 6.45) is 0. The van der Waals surface area contributed by atoms with E-state index in [1.165, 1.54) is 74.9 Å². The topological polar surface area (TPSA) is 163 Å². The summed E-state index contributed by atoms with van der Waals surface area (Å²) in [6, 6.07) is 13.9. The predicted octanol–water partition coefficient (Wildman–Crippen LogP) is 2.47. The van der Waals surface area contributed by atoms with Gasteiger partial charge < -0.3 is 20.9 Å². The van der Waals surface area contributed by atoms with Gasteiger partial charge in [0.25, 0.3) is 20.0 Å². The minimum absolute atomic E-state index is 0.0438. The van der Waals surface area contributed by atoms with Crippen LogP contribution >= 0.6 is 0 Å². The number of benzene rings is 3. The van der Waals surface area contributed by atoms with Crippen LogP contribution in [-0.2, 0) is 20.0 Å². The molecule has 6 N–H and O–H groups in total. The standard InChI is InChI=1S/C20H22N4O6S2/c1-29-19-9-7-15(11-17(19)21)31(25,26)23-13-3-5-14(6-4-13)24-32(27,28)16-8-10-20(30-2)18(22)12-16/h3-12,23-24H,21-22H2,1-2H3. The van der Waals surface area contributed by atoms with E-state index in [4.69, 9.17) is 20.9 Å². The lowest BCUT2D eigenvalue weighted by Crippen LogP contribution is -2.14. The van der Waals surface area contributed by atoms with E-state index in [9.17, 15) is 16.8 Å². The second kappa shape index (κ2) is 8.85. The van der Waals surface area contributed by atoms with Gasteiger partial charge in [-0.3, -0.25) is 9.44 Å². The first-order valence-corrected chi connectivity index (χ1v) is 12.0. The SMILES string of the molecule is COc1ccc(S(=O)(=O)Nc2ccc(NS(=O)(=O)c3ccc(OC)c(N)c3)cc2)cc1N. The van der Waals surface area contributed by atoms with Gasteiger partial charge in [0, 0.05) is 11.4 Å². The monoisotopic (exact) mass is 478 g/mol. The summed E-state index contributed by atoms with van der Waals surface area (Å²) in [7, 11) is -4.97. The van der Waals surface area contributed by atoms with Crippen LogP contribution in [0, 0.1) is 0 Å². The molecule has 3 aromatic rings. The van der Waals surface area contributed by atoms with Gasteiger partial charge in [0.1, 0.15) is 11.5 Å². The molecule has 32 heavy (non-hydrogen) atoms. The van der Waals surface area contributed by atoms with Gasteiger partial charge in [0.15, 0.2) is 0 Å². The zero-order valence-electron chi connectivity index (χ0n) is 17.2. The van der Waals surface area contributed by atoms with Crippen molar-refractivity contribution in [2.75, 3.05) is 35.1 Å². The molecule has 0 aromatic heterocycles. The number of methoxy groups -OCH3 is 2. The maximum atomic E-state index is 12.6. The molecule has 0 heterocycles. The highest BCUT2D eigenvalue weighted by Gasteiger charge is 2.18. The van der Waals surface area contributed by atoms with Crippen molar-refractivity contribution in [3.63, 3.8) is 0 Å². The molecule has 0 saturated carbocycles. The van der Waals surface area contributed by atoms with E-state index >= 15 is 0 Å². The van der Waals surface area contributed by atoms with Gasteiger partial charge in [-0.15, -0.1) is 0 Å². The van der Waals surface area contributed by atoms with Gasteiger partial charge in [0.05, 0.1) is 35.4 Å². The molecule has 0 saturated heterocycles. The van der Waals surface area contributed by atoms with E-state index in [0.29, 0.717) is 11.5 Å². The van der Waals surface area contributed by atoms with Crippen LogP contribution in [0.25, 0.3) is 0 Å². The summed E-state index contributed by atoms with van der Waals surface area (Å²) < 4.78 is 65.2. The number of hydrogen-bond acceptors (Lipinski definition) is 8. The molecule has 0 bridgehead atoms. The molecule has 0 radical (unpaired) electrons. The minimum Gasteiger partial charge on any atom is -0.495 e. The average Bonchev–Trinajstić information content (AvgIpc) is 2.74. The first kappa shape index (κ1) is 23.0. The van der Waals surface area contributed by atoms with Crippen molar-refractivity contribution < 1.29 is 26.3 Å². The Hall–Kier alpha value is -3.64. The number of rotatable bonds is 8. The van der Waals surface area contributed by atoms with Crippen molar-refractivity contribution in [2.45, 2.75) is 9.79 Å². The first-order chi connectivity index (χ1) is 15.1. The summed E-state index contributed by atoms with van der Waals surface area (Å²) in [6.45, 7) is 0. The zero-order chi connectivity index (χ0) is 23.5. The van der Waals surface area contributed by atoms with E-state index in [2.05, 4.69) is 9.44 Å². The van der Waals surface area contributed by atoms with Crippen molar-refractivity contribution in [2.24, 2.45) is 0 Å². The summed E-state index contributed by atoms with van der Waals surface area (Å²) in [5, 5.41) is 0. The summed E-state index contributed by atoms with van der Waals surface area (Å²) in [5.74, 6) is 0.721. The maximum Gasteiger partial charge on any atom is 0.261 e. The predicted molar refractivity (Wildman–Crippen MR) is 123 cm³/mol. The largest absolute Gasteiger partial charge is 0.495 e. The summed E-state index contributed by atoms with van der Waals surface area (Å²) in [5.41, 5.74) is 12.4. The lowest BCUT2D eigenvalue weighted by molar-refractivity contribution is 0.416. The molecule has 0 atom stereocenters. The number of hydrogen-bond donors (Lipinski definition) is 4. The van der Waals surface area contributed by atoms with Crippen LogP contribution in [0.2, 0.25) is 0 Å². The molecule has 0 spiro atoms. The van der Waals surface area contributed by atoms with Gasteiger partial charge in [-0.25, -0.2) is 16.8 Å². The Morgan fingerprint density at radius 1 is 0.625 bits per heavy atom. The Labute approximate surface area is 186 Å². The van der Waals surface area contributed by atoms with Crippen molar-refractivity contribution in [3.05, 3.63) is 60.7 Å². The average molecular weight is 479 g/mol. The third-order valence-electron chi connectivity index (χ3n) is 4.41. The zero-order valence-corrected chi connectivity index (χ0v) is 18.8. The number of nitrogen functional groups attached to an aromatic ring is 2. The van der Waals surface area contributed by atoms with Crippen molar-refractivity contribution in [1.82, 2.24) is 0 Å². The van der Waals surface area contributed by atoms with Gasteiger partial charge >= 0.3 is 0 Å². The second-order valence-corrected chi connectivity index (χ2v) is 9.96. The Kier molecular flexibility index (Phi) is 6.37. The third-order valence-corrected chi connectivity index (χ3v) is 7.17. The Morgan fingerprint density at radius 3 is 1.25 bits per heavy atom. The molecule has 0 aliphatic heterocycles. The third kappa shape index (κ3) is 4.98. The van der Waals surface area contributed by atoms with Crippen molar-refractivity contribution in [1.29, 1.82) is 0 Å². The summed E-state index contributed by atoms with van der Waals surface area (Å²) >= 11 is 0. The van der Waals surface area contributed by atoms with Gasteiger partial charge in [-0.1, -0.05) is 0 Å². The molecular weight excluding hydrogens is 456 g/mol. The van der Waals surface area contributed by atoms with Crippen LogP contribution in [-0.4, -0.2) is 31.1 Å². The van der Waals surface area contributed by atoms with Crippen LogP contribution < -0.4 is 30.4 Å². The molecule has 0 fully saturated rings. The van der Waals surface area contributed by atoms with Gasteiger partial charge in [-0.05, 0) is 60.7 Å². The number of ether oxygens (including phenoxy) is 2. The number of nitrogens with one attached hydrogen (secondary N) is 2. The van der Waals surface area contributed by atoms with Crippen molar-refractivity contribution in [3.8, 4) is 11.5 Å². The molecule has 10 nitrogen and oxygen atoms in total. The molecule has 0 unspecified atom stereocenters. The quantitative estimate of drug-likeness (QED) is 0.359. The lowest BCUT2D eigenvalue weighted by Gasteiger charge is -2.12. The highest BCUT2D eigenvalue weighted by Crippen LogP contribution is 2.28. The molecule has 0 aliphatic rings. The molecule has 3 rings (SSSR count). The molecule has 0 amide bonds. The molecule has 0 aliphatic carbocycles. The van der Waals surface area contributed by atoms with Crippen LogP contribution in [0.5, 0.6) is 11.5 Å². The van der Waals surface area contributed by atoms with E-state index < -0.39 is 20.0 Å². The van der Waals surface area contributed by atoms with E-state index in [-0.39, 0.29) is 32.5 Å². The summed E-state index contributed by atoms with van der Waals surface area (Å²) in [4.78, 5) is -0.0876. The fraction of sp³-hybridized carbons (Fsp3) is 0.100. The molecule has 3 aromatic carbocycles. The smallest absolute Gasteiger partial charge is 0.261 e. The van der Waals surface area contributed by atoms with Crippen LogP contribution in [0.15, 0.2) is 70.5 Å². The highest BCUT2D eigenvalue weighted by atomic mass is 32.2. The van der Waals surface area contributed by atoms with Crippen LogP contribution in [0.1, 0.15) is 0 Å². The van der Waals surface area contributed by atoms with Crippen molar-refractivity contribution >= 4 is 42.8 Å². The number of anilines is 4. The normalized spacial score (nSPS) is 11.6. The number of sulfonamides is 2. The van der Waals surface area contributed by atoms with E-state index in [0.717, 1.165) is 0 Å². The van der Waals surface area contributed by atoms with Crippen LogP contribution in [0.4, 0.5) is 22.7 Å². The lowest BCUT2D eigenvalue weighted by atomic mass is 10.3. The van der Waals surface area contributed by atoms with Gasteiger partial charge in [-0.2, -0.15) is 0 Å². The van der Waals surface area contributed by atoms with Gasteiger partial charge in [0.2, 0.25) is 0 Å².